The summed E-state index contributed by atoms with van der Waals surface area (Å²) in [5, 5.41) is 6.88. The standard InChI is InChI=1S/C27H26N4O3S/c1-34-21-14-12-20(13-15-21)29-26(33)18-8-10-19(11-9-18)28-25(32)17-31-16-4-6-23(31)27-30-22-5-2-3-7-24(22)35-27/h2-3,5,7-15,23H,4,6,16-17H2,1H3,(H,28,32)(H,29,33)/t23-/m1/s1. The smallest absolute Gasteiger partial charge is 0.255 e. The van der Waals surface area contributed by atoms with Crippen LogP contribution in [0.4, 0.5) is 11.4 Å². The maximum absolute atomic E-state index is 12.8. The van der Waals surface area contributed by atoms with Crippen molar-refractivity contribution in [1.82, 2.24) is 9.88 Å². The number of carbonyl (C=O) groups excluding carboxylic acids is 2. The van der Waals surface area contributed by atoms with Crippen LogP contribution in [-0.4, -0.2) is 41.9 Å². The number of para-hydroxylation sites is 1. The first-order valence-corrected chi connectivity index (χ1v) is 12.4. The maximum atomic E-state index is 12.8. The number of rotatable bonds is 7. The van der Waals surface area contributed by atoms with Crippen LogP contribution in [0.3, 0.4) is 0 Å². The fourth-order valence-electron chi connectivity index (χ4n) is 4.30. The number of aromatic nitrogens is 1. The van der Waals surface area contributed by atoms with Crippen LogP contribution in [0.5, 0.6) is 5.75 Å². The molecule has 5 rings (SSSR count). The van der Waals surface area contributed by atoms with E-state index in [1.807, 2.05) is 18.2 Å². The number of hydrogen-bond acceptors (Lipinski definition) is 6. The van der Waals surface area contributed by atoms with Crippen molar-refractivity contribution in [3.8, 4) is 5.75 Å². The van der Waals surface area contributed by atoms with E-state index in [4.69, 9.17) is 9.72 Å². The van der Waals surface area contributed by atoms with Crippen LogP contribution in [-0.2, 0) is 4.79 Å². The molecule has 0 bridgehead atoms. The van der Waals surface area contributed by atoms with Gasteiger partial charge in [-0.1, -0.05) is 12.1 Å². The molecule has 4 aromatic rings. The number of benzene rings is 3. The van der Waals surface area contributed by atoms with Crippen LogP contribution in [0.15, 0.2) is 72.8 Å². The molecule has 1 saturated heterocycles. The third-order valence-electron chi connectivity index (χ3n) is 6.08. The van der Waals surface area contributed by atoms with Gasteiger partial charge in [0.2, 0.25) is 5.91 Å². The Bertz CT molecular complexity index is 1300. The molecule has 1 aliphatic rings. The summed E-state index contributed by atoms with van der Waals surface area (Å²) in [7, 11) is 1.60. The number of thiazole rings is 1. The monoisotopic (exact) mass is 486 g/mol. The number of fused-ring (bicyclic) bond motifs is 1. The van der Waals surface area contributed by atoms with E-state index in [9.17, 15) is 9.59 Å². The lowest BCUT2D eigenvalue weighted by Gasteiger charge is -2.22. The topological polar surface area (TPSA) is 83.6 Å². The molecule has 1 fully saturated rings. The Balaban J connectivity index is 1.17. The predicted octanol–water partition coefficient (Wildman–Crippen LogP) is 5.33. The van der Waals surface area contributed by atoms with Crippen molar-refractivity contribution in [1.29, 1.82) is 0 Å². The highest BCUT2D eigenvalue weighted by atomic mass is 32.1. The molecule has 35 heavy (non-hydrogen) atoms. The van der Waals surface area contributed by atoms with Gasteiger partial charge in [0.05, 0.1) is 29.9 Å². The second-order valence-corrected chi connectivity index (χ2v) is 9.52. The van der Waals surface area contributed by atoms with Gasteiger partial charge in [0.15, 0.2) is 0 Å². The highest BCUT2D eigenvalue weighted by Crippen LogP contribution is 2.36. The third kappa shape index (κ3) is 5.34. The zero-order valence-corrected chi connectivity index (χ0v) is 20.2. The van der Waals surface area contributed by atoms with Gasteiger partial charge in [-0.2, -0.15) is 0 Å². The molecule has 8 heteroatoms. The Kier molecular flexibility index (Phi) is 6.74. The molecule has 0 spiro atoms. The van der Waals surface area contributed by atoms with Gasteiger partial charge in [0.25, 0.3) is 5.91 Å². The molecule has 1 aromatic heterocycles. The zero-order valence-electron chi connectivity index (χ0n) is 19.4. The lowest BCUT2D eigenvalue weighted by Crippen LogP contribution is -2.32. The van der Waals surface area contributed by atoms with Crippen molar-refractivity contribution in [3.63, 3.8) is 0 Å². The summed E-state index contributed by atoms with van der Waals surface area (Å²) in [4.78, 5) is 32.3. The first kappa shape index (κ1) is 23.0. The number of methoxy groups -OCH3 is 1. The summed E-state index contributed by atoms with van der Waals surface area (Å²) < 4.78 is 6.31. The van der Waals surface area contributed by atoms with Crippen molar-refractivity contribution in [3.05, 3.63) is 83.4 Å². The lowest BCUT2D eigenvalue weighted by atomic mass is 10.2. The van der Waals surface area contributed by atoms with Crippen molar-refractivity contribution < 1.29 is 14.3 Å². The molecule has 2 amide bonds. The Morgan fingerprint density at radius 3 is 2.46 bits per heavy atom. The molecule has 0 aliphatic carbocycles. The van der Waals surface area contributed by atoms with Gasteiger partial charge in [-0.25, -0.2) is 4.98 Å². The normalized spacial score (nSPS) is 15.7. The molecular formula is C27H26N4O3S. The van der Waals surface area contributed by atoms with Gasteiger partial charge >= 0.3 is 0 Å². The van der Waals surface area contributed by atoms with E-state index in [1.54, 1.807) is 67.0 Å². The average molecular weight is 487 g/mol. The molecule has 178 valence electrons. The van der Waals surface area contributed by atoms with E-state index in [1.165, 1.54) is 4.70 Å². The van der Waals surface area contributed by atoms with E-state index >= 15 is 0 Å². The van der Waals surface area contributed by atoms with Gasteiger partial charge in [0, 0.05) is 16.9 Å². The first-order chi connectivity index (χ1) is 17.1. The van der Waals surface area contributed by atoms with Gasteiger partial charge in [-0.3, -0.25) is 14.5 Å². The molecule has 3 aromatic carbocycles. The highest BCUT2D eigenvalue weighted by molar-refractivity contribution is 7.18. The summed E-state index contributed by atoms with van der Waals surface area (Å²) in [5.74, 6) is 0.431. The number of nitrogens with zero attached hydrogens (tertiary/aromatic N) is 2. The molecule has 2 N–H and O–H groups in total. The minimum atomic E-state index is -0.219. The fourth-order valence-corrected chi connectivity index (χ4v) is 5.43. The molecule has 7 nitrogen and oxygen atoms in total. The van der Waals surface area contributed by atoms with Gasteiger partial charge in [-0.15, -0.1) is 11.3 Å². The fraction of sp³-hybridized carbons (Fsp3) is 0.222. The largest absolute Gasteiger partial charge is 0.497 e. The molecule has 0 saturated carbocycles. The summed E-state index contributed by atoms with van der Waals surface area (Å²) in [6.45, 7) is 1.18. The Labute approximate surface area is 207 Å². The molecule has 1 atom stereocenters. The SMILES string of the molecule is COc1ccc(NC(=O)c2ccc(NC(=O)CN3CCC[C@@H]3c3nc4ccccc4s3)cc2)cc1. The Morgan fingerprint density at radius 2 is 1.71 bits per heavy atom. The van der Waals surface area contributed by atoms with Crippen molar-refractivity contribution in [2.75, 3.05) is 30.8 Å². The van der Waals surface area contributed by atoms with Gasteiger partial charge in [0.1, 0.15) is 10.8 Å². The van der Waals surface area contributed by atoms with Crippen molar-refractivity contribution in [2.24, 2.45) is 0 Å². The number of anilines is 2. The summed E-state index contributed by atoms with van der Waals surface area (Å²) in [6.07, 6.45) is 2.05. The van der Waals surface area contributed by atoms with Crippen LogP contribution in [0.2, 0.25) is 0 Å². The lowest BCUT2D eigenvalue weighted by molar-refractivity contribution is -0.117. The number of amides is 2. The molecule has 0 radical (unpaired) electrons. The molecule has 2 heterocycles. The number of nitrogens with one attached hydrogen (secondary N) is 2. The van der Waals surface area contributed by atoms with Gasteiger partial charge in [-0.05, 0) is 80.1 Å². The molecular weight excluding hydrogens is 460 g/mol. The first-order valence-electron chi connectivity index (χ1n) is 11.5. The number of ether oxygens (including phenoxy) is 1. The van der Waals surface area contributed by atoms with E-state index in [0.717, 1.165) is 35.7 Å². The van der Waals surface area contributed by atoms with E-state index in [2.05, 4.69) is 21.6 Å². The summed E-state index contributed by atoms with van der Waals surface area (Å²) in [5.41, 5.74) is 2.86. The Morgan fingerprint density at radius 1 is 1.00 bits per heavy atom. The summed E-state index contributed by atoms with van der Waals surface area (Å²) >= 11 is 1.71. The third-order valence-corrected chi connectivity index (χ3v) is 7.22. The highest BCUT2D eigenvalue weighted by Gasteiger charge is 2.30. The van der Waals surface area contributed by atoms with E-state index < -0.39 is 0 Å². The van der Waals surface area contributed by atoms with Crippen LogP contribution >= 0.6 is 11.3 Å². The minimum Gasteiger partial charge on any atom is -0.497 e. The second kappa shape index (κ2) is 10.2. The second-order valence-electron chi connectivity index (χ2n) is 8.46. The van der Waals surface area contributed by atoms with Crippen LogP contribution < -0.4 is 15.4 Å². The van der Waals surface area contributed by atoms with E-state index in [0.29, 0.717) is 23.5 Å². The average Bonchev–Trinajstić information content (AvgIpc) is 3.51. The van der Waals surface area contributed by atoms with E-state index in [-0.39, 0.29) is 17.9 Å². The number of carbonyl (C=O) groups is 2. The predicted molar refractivity (Wildman–Crippen MR) is 139 cm³/mol. The van der Waals surface area contributed by atoms with Crippen LogP contribution in [0.25, 0.3) is 10.2 Å². The number of likely N-dealkylation sites (tertiary alicyclic amines) is 1. The molecule has 1 aliphatic heterocycles. The zero-order chi connectivity index (χ0) is 24.2. The summed E-state index contributed by atoms with van der Waals surface area (Å²) in [6, 6.07) is 22.3. The van der Waals surface area contributed by atoms with Crippen LogP contribution in [0.1, 0.15) is 34.2 Å². The number of hydrogen-bond donors (Lipinski definition) is 2. The van der Waals surface area contributed by atoms with Gasteiger partial charge < -0.3 is 15.4 Å². The molecule has 0 unspecified atom stereocenters. The van der Waals surface area contributed by atoms with Crippen LogP contribution in [0, 0.1) is 0 Å². The Hall–Kier alpha value is -3.75. The van der Waals surface area contributed by atoms with Crippen molar-refractivity contribution in [2.45, 2.75) is 18.9 Å². The van der Waals surface area contributed by atoms with Crippen molar-refractivity contribution >= 4 is 44.7 Å². The minimum absolute atomic E-state index is 0.0755. The quantitative estimate of drug-likeness (QED) is 0.369. The maximum Gasteiger partial charge on any atom is 0.255 e.